The summed E-state index contributed by atoms with van der Waals surface area (Å²) in [6.45, 7) is 7.47. The van der Waals surface area contributed by atoms with E-state index in [4.69, 9.17) is 4.18 Å². The fourth-order valence-electron chi connectivity index (χ4n) is 4.09. The molecule has 3 rings (SSSR count). The molecule has 0 aromatic rings. The third-order valence-corrected chi connectivity index (χ3v) is 7.14. The Hall–Kier alpha value is 1.14. The van der Waals surface area contributed by atoms with Gasteiger partial charge in [-0.2, -0.15) is 0 Å². The molecule has 16 heavy (non-hydrogen) atoms. The van der Waals surface area contributed by atoms with E-state index in [0.717, 1.165) is 12.8 Å². The average molecular weight is 372 g/mol. The van der Waals surface area contributed by atoms with E-state index in [1.807, 2.05) is 0 Å². The molecule has 3 aliphatic carbocycles. The summed E-state index contributed by atoms with van der Waals surface area (Å²) in [6.07, 6.45) is 3.38. The molecule has 3 fully saturated rings. The van der Waals surface area contributed by atoms with Gasteiger partial charge in [-0.1, -0.05) is 0 Å². The number of fused-ring (bicyclic) bond motifs is 1. The van der Waals surface area contributed by atoms with Crippen LogP contribution in [0.5, 0.6) is 0 Å². The van der Waals surface area contributed by atoms with Gasteiger partial charge in [-0.05, 0) is 0 Å². The first-order valence-corrected chi connectivity index (χ1v) is 10.8. The van der Waals surface area contributed by atoms with Crippen LogP contribution in [0.2, 0.25) is 0 Å². The Morgan fingerprint density at radius 3 is 2.56 bits per heavy atom. The second-order valence-electron chi connectivity index (χ2n) is 5.78. The zero-order valence-corrected chi connectivity index (χ0v) is 13.8. The molecule has 0 N–H and O–H groups in total. The van der Waals surface area contributed by atoms with Crippen LogP contribution in [-0.4, -0.2) is 12.9 Å². The normalized spacial score (nSPS) is 46.1. The van der Waals surface area contributed by atoms with E-state index >= 15 is 0 Å². The van der Waals surface area contributed by atoms with Crippen LogP contribution < -0.4 is 0 Å². The fraction of sp³-hybridized carbons (Fsp3) is 0.909. The predicted octanol–water partition coefficient (Wildman–Crippen LogP) is 4.24. The zero-order valence-electron chi connectivity index (χ0n) is 9.86. The topological polar surface area (TPSA) is 26.3 Å². The van der Waals surface area contributed by atoms with Gasteiger partial charge in [-0.3, -0.25) is 0 Å². The maximum absolute atomic E-state index is 11.5. The van der Waals surface area contributed by atoms with Crippen molar-refractivity contribution in [3.05, 3.63) is 0 Å². The van der Waals surface area contributed by atoms with Crippen molar-refractivity contribution < 1.29 is 8.98 Å². The SMILES string of the molecule is CC1(C)C2(C=O)CC[C@]1(C)[C@H]2CO[SH](#P)I. The van der Waals surface area contributed by atoms with Crippen LogP contribution in [0.3, 0.4) is 0 Å². The number of hydrogen-bond acceptors (Lipinski definition) is 2. The van der Waals surface area contributed by atoms with Gasteiger partial charge in [0.05, 0.1) is 0 Å². The number of carbonyl (C=O) groups excluding carboxylic acids is 1. The molecule has 0 amide bonds. The number of thiol groups is 1. The summed E-state index contributed by atoms with van der Waals surface area (Å²) >= 11 is 2.20. The molecular weight excluding hydrogens is 354 g/mol. The van der Waals surface area contributed by atoms with Crippen molar-refractivity contribution in [3.63, 3.8) is 0 Å². The molecule has 2 bridgehead atoms. The van der Waals surface area contributed by atoms with Gasteiger partial charge in [-0.15, -0.1) is 0 Å². The average Bonchev–Trinajstić information content (AvgIpc) is 2.61. The molecule has 3 saturated carbocycles. The Labute approximate surface area is 113 Å². The first kappa shape index (κ1) is 13.6. The summed E-state index contributed by atoms with van der Waals surface area (Å²) in [4.78, 5) is 11.5. The molecule has 0 saturated heterocycles. The van der Waals surface area contributed by atoms with Crippen molar-refractivity contribution in [2.24, 2.45) is 22.2 Å². The predicted molar refractivity (Wildman–Crippen MR) is 79.0 cm³/mol. The van der Waals surface area contributed by atoms with E-state index in [9.17, 15) is 4.79 Å². The Balaban J connectivity index is 2.23. The standard InChI is InChI=1S/C11H18IO2PS/c1-9(2)10(3)4-5-11(9,7-13)8(10)6-14-16(12)15/h7-8,16H,4-6H2,1-3H3/t8-,10-,11?/m1/s1. The van der Waals surface area contributed by atoms with Crippen molar-refractivity contribution in [2.45, 2.75) is 33.6 Å². The van der Waals surface area contributed by atoms with Crippen molar-refractivity contribution in [1.29, 1.82) is 0 Å². The van der Waals surface area contributed by atoms with Gasteiger partial charge < -0.3 is 0 Å². The molecule has 2 nitrogen and oxygen atoms in total. The Morgan fingerprint density at radius 2 is 2.12 bits per heavy atom. The van der Waals surface area contributed by atoms with Gasteiger partial charge in [0.15, 0.2) is 0 Å². The molecule has 5 heteroatoms. The molecule has 0 aromatic carbocycles. The van der Waals surface area contributed by atoms with Gasteiger partial charge in [0, 0.05) is 0 Å². The van der Waals surface area contributed by atoms with E-state index in [1.54, 1.807) is 0 Å². The second kappa shape index (κ2) is 4.07. The molecule has 92 valence electrons. The number of aldehydes is 1. The van der Waals surface area contributed by atoms with Crippen molar-refractivity contribution >= 4 is 42.6 Å². The van der Waals surface area contributed by atoms with Crippen molar-refractivity contribution in [1.82, 2.24) is 0 Å². The van der Waals surface area contributed by atoms with Crippen molar-refractivity contribution in [2.75, 3.05) is 6.61 Å². The van der Waals surface area contributed by atoms with Gasteiger partial charge in [0.2, 0.25) is 0 Å². The minimum atomic E-state index is -0.647. The molecule has 0 aliphatic heterocycles. The number of halogens is 1. The minimum absolute atomic E-state index is 0.125. The first-order valence-electron chi connectivity index (χ1n) is 5.56. The van der Waals surface area contributed by atoms with Gasteiger partial charge in [-0.25, -0.2) is 0 Å². The third-order valence-electron chi connectivity index (χ3n) is 5.60. The third kappa shape index (κ3) is 1.42. The number of hydrogen-bond donors (Lipinski definition) is 1. The molecule has 2 unspecified atom stereocenters. The Bertz CT molecular complexity index is 403. The van der Waals surface area contributed by atoms with E-state index in [-0.39, 0.29) is 16.2 Å². The van der Waals surface area contributed by atoms with Crippen LogP contribution >= 0.6 is 36.3 Å². The van der Waals surface area contributed by atoms with E-state index in [2.05, 4.69) is 49.8 Å². The fourth-order valence-corrected chi connectivity index (χ4v) is 5.05. The maximum atomic E-state index is 11.5. The second-order valence-corrected chi connectivity index (χ2v) is 12.5. The monoisotopic (exact) mass is 372 g/mol. The molecule has 4 atom stereocenters. The summed E-state index contributed by atoms with van der Waals surface area (Å²) in [7, 11) is 3.64. The first-order chi connectivity index (χ1) is 7.32. The summed E-state index contributed by atoms with van der Waals surface area (Å²) in [5, 5.41) is 0. The number of carbonyl (C=O) groups is 1. The molecule has 0 heterocycles. The molecule has 0 spiro atoms. The summed E-state index contributed by atoms with van der Waals surface area (Å²) in [5.74, 6) is 0.388. The summed E-state index contributed by atoms with van der Waals surface area (Å²) < 4.78 is 5.67. The van der Waals surface area contributed by atoms with Crippen LogP contribution in [0, 0.1) is 22.2 Å². The molecular formula is C11H18IO2PS. The van der Waals surface area contributed by atoms with Crippen LogP contribution in [0.25, 0.3) is 0 Å². The molecule has 3 aliphatic rings. The summed E-state index contributed by atoms with van der Waals surface area (Å²) in [5.41, 5.74) is 0.252. The summed E-state index contributed by atoms with van der Waals surface area (Å²) in [6, 6.07) is 0. The van der Waals surface area contributed by atoms with Crippen LogP contribution in [0.1, 0.15) is 33.6 Å². The van der Waals surface area contributed by atoms with Crippen LogP contribution in [0.4, 0.5) is 0 Å². The van der Waals surface area contributed by atoms with Crippen LogP contribution in [0.15, 0.2) is 0 Å². The quantitative estimate of drug-likeness (QED) is 0.347. The molecule has 0 aromatic heterocycles. The zero-order chi connectivity index (χ0) is 12.2. The Morgan fingerprint density at radius 1 is 1.50 bits per heavy atom. The van der Waals surface area contributed by atoms with E-state index in [1.165, 1.54) is 6.29 Å². The Kier molecular flexibility index (Phi) is 3.45. The van der Waals surface area contributed by atoms with E-state index in [0.29, 0.717) is 12.5 Å². The van der Waals surface area contributed by atoms with Gasteiger partial charge in [0.25, 0.3) is 0 Å². The van der Waals surface area contributed by atoms with Crippen LogP contribution in [-0.2, 0) is 8.98 Å². The van der Waals surface area contributed by atoms with E-state index < -0.39 is 7.32 Å². The van der Waals surface area contributed by atoms with Gasteiger partial charge >= 0.3 is 114 Å². The number of rotatable bonds is 3. The van der Waals surface area contributed by atoms with Crippen molar-refractivity contribution in [3.8, 4) is 0 Å². The molecule has 0 radical (unpaired) electrons. The van der Waals surface area contributed by atoms with Gasteiger partial charge in [0.1, 0.15) is 0 Å².